The van der Waals surface area contributed by atoms with E-state index in [2.05, 4.69) is 7.85 Å². The van der Waals surface area contributed by atoms with Crippen molar-refractivity contribution in [1.29, 1.82) is 0 Å². The lowest BCUT2D eigenvalue weighted by Gasteiger charge is -2.35. The van der Waals surface area contributed by atoms with Crippen LogP contribution in [0.5, 0.6) is 0 Å². The molecule has 0 aromatic heterocycles. The van der Waals surface area contributed by atoms with Crippen molar-refractivity contribution in [3.63, 3.8) is 0 Å². The minimum atomic E-state index is -1.24. The van der Waals surface area contributed by atoms with Gasteiger partial charge in [0, 0.05) is 6.54 Å². The topological polar surface area (TPSA) is 104 Å². The Morgan fingerprint density at radius 3 is 2.52 bits per heavy atom. The summed E-state index contributed by atoms with van der Waals surface area (Å²) in [7, 11) is 2.06. The molecule has 4 N–H and O–H groups in total. The Labute approximate surface area is 127 Å². The molecule has 2 unspecified atom stereocenters. The Bertz CT molecular complexity index is 367. The number of carboxylic acids is 2. The van der Waals surface area contributed by atoms with Gasteiger partial charge in [0.15, 0.2) is 0 Å². The highest BCUT2D eigenvalue weighted by Gasteiger charge is 2.36. The first-order chi connectivity index (χ1) is 9.90. The summed E-state index contributed by atoms with van der Waals surface area (Å²) in [6.07, 6.45) is 6.03. The first kappa shape index (κ1) is 18.0. The SMILES string of the molecule is BCCCCC(N)(CCN1CCCCC1C(=O)O)C(=O)O. The van der Waals surface area contributed by atoms with Crippen LogP contribution in [0.2, 0.25) is 6.32 Å². The minimum Gasteiger partial charge on any atom is -0.480 e. The second-order valence-electron chi connectivity index (χ2n) is 6.05. The number of hydrogen-bond acceptors (Lipinski definition) is 4. The van der Waals surface area contributed by atoms with Gasteiger partial charge in [0.05, 0.1) is 0 Å². The van der Waals surface area contributed by atoms with E-state index in [4.69, 9.17) is 5.73 Å². The second kappa shape index (κ2) is 8.39. The Morgan fingerprint density at radius 2 is 1.95 bits per heavy atom. The van der Waals surface area contributed by atoms with Crippen LogP contribution in [-0.2, 0) is 9.59 Å². The summed E-state index contributed by atoms with van der Waals surface area (Å²) in [5, 5.41) is 18.6. The summed E-state index contributed by atoms with van der Waals surface area (Å²) in [6, 6.07) is -0.493. The standard InChI is InChI=1S/C14H27BN2O4/c15-8-3-2-6-14(16,13(20)21)7-10-17-9-4-1-5-11(17)12(18)19/h11H,1-10,15-16H2,(H,18,19)(H,20,21). The predicted molar refractivity (Wildman–Crippen MR) is 83.2 cm³/mol. The molecule has 0 radical (unpaired) electrons. The maximum atomic E-state index is 11.4. The van der Waals surface area contributed by atoms with Gasteiger partial charge in [-0.2, -0.15) is 0 Å². The molecule has 1 aliphatic rings. The van der Waals surface area contributed by atoms with E-state index in [1.807, 2.05) is 4.90 Å². The van der Waals surface area contributed by atoms with Crippen molar-refractivity contribution in [2.75, 3.05) is 13.1 Å². The van der Waals surface area contributed by atoms with Gasteiger partial charge < -0.3 is 15.9 Å². The number of unbranched alkanes of at least 4 members (excludes halogenated alkanes) is 1. The van der Waals surface area contributed by atoms with E-state index in [1.54, 1.807) is 0 Å². The number of hydrogen-bond donors (Lipinski definition) is 3. The van der Waals surface area contributed by atoms with E-state index >= 15 is 0 Å². The van der Waals surface area contributed by atoms with Gasteiger partial charge in [0.1, 0.15) is 19.4 Å². The molecule has 0 aliphatic carbocycles. The van der Waals surface area contributed by atoms with Crippen LogP contribution >= 0.6 is 0 Å². The summed E-state index contributed by atoms with van der Waals surface area (Å²) in [5.74, 6) is -1.80. The zero-order valence-corrected chi connectivity index (χ0v) is 12.9. The average molecular weight is 298 g/mol. The van der Waals surface area contributed by atoms with E-state index in [0.717, 1.165) is 32.0 Å². The fourth-order valence-corrected chi connectivity index (χ4v) is 2.91. The van der Waals surface area contributed by atoms with Gasteiger partial charge >= 0.3 is 11.9 Å². The highest BCUT2D eigenvalue weighted by Crippen LogP contribution is 2.22. The average Bonchev–Trinajstić information content (AvgIpc) is 2.45. The normalized spacial score (nSPS) is 22.6. The van der Waals surface area contributed by atoms with Crippen molar-refractivity contribution in [2.24, 2.45) is 5.73 Å². The largest absolute Gasteiger partial charge is 0.480 e. The van der Waals surface area contributed by atoms with Gasteiger partial charge in [-0.05, 0) is 32.2 Å². The maximum Gasteiger partial charge on any atom is 0.323 e. The molecule has 1 fully saturated rings. The van der Waals surface area contributed by atoms with Crippen LogP contribution in [0, 0.1) is 0 Å². The zero-order valence-electron chi connectivity index (χ0n) is 12.9. The van der Waals surface area contributed by atoms with Crippen molar-refractivity contribution in [3.8, 4) is 0 Å². The molecule has 0 spiro atoms. The van der Waals surface area contributed by atoms with E-state index in [9.17, 15) is 19.8 Å². The third-order valence-corrected chi connectivity index (χ3v) is 4.40. The molecule has 1 aliphatic heterocycles. The number of aliphatic carboxylic acids is 2. The number of nitrogens with two attached hydrogens (primary N) is 1. The Hall–Kier alpha value is -1.08. The van der Waals surface area contributed by atoms with Crippen LogP contribution in [0.15, 0.2) is 0 Å². The maximum absolute atomic E-state index is 11.4. The molecule has 1 saturated heterocycles. The molecule has 2 atom stereocenters. The highest BCUT2D eigenvalue weighted by molar-refractivity contribution is 6.08. The van der Waals surface area contributed by atoms with Crippen LogP contribution < -0.4 is 5.73 Å². The molecular weight excluding hydrogens is 271 g/mol. The quantitative estimate of drug-likeness (QED) is 0.418. The number of carbonyl (C=O) groups is 2. The summed E-state index contributed by atoms with van der Waals surface area (Å²) in [5.41, 5.74) is 4.81. The molecule has 120 valence electrons. The van der Waals surface area contributed by atoms with Gasteiger partial charge in [-0.3, -0.25) is 14.5 Å². The second-order valence-corrected chi connectivity index (χ2v) is 6.05. The van der Waals surface area contributed by atoms with Crippen LogP contribution in [0.1, 0.15) is 44.9 Å². The lowest BCUT2D eigenvalue weighted by Crippen LogP contribution is -2.52. The van der Waals surface area contributed by atoms with Crippen molar-refractivity contribution in [1.82, 2.24) is 4.90 Å². The van der Waals surface area contributed by atoms with Crippen LogP contribution in [0.3, 0.4) is 0 Å². The van der Waals surface area contributed by atoms with Crippen LogP contribution in [0.25, 0.3) is 0 Å². The van der Waals surface area contributed by atoms with E-state index in [0.29, 0.717) is 32.4 Å². The number of nitrogens with zero attached hydrogens (tertiary/aromatic N) is 1. The summed E-state index contributed by atoms with van der Waals surface area (Å²) < 4.78 is 0. The molecule has 1 rings (SSSR count). The predicted octanol–water partition coefficient (Wildman–Crippen LogP) is 0.319. The molecule has 0 aromatic rings. The van der Waals surface area contributed by atoms with Crippen molar-refractivity contribution in [2.45, 2.75) is 62.8 Å². The van der Waals surface area contributed by atoms with Gasteiger partial charge in [-0.1, -0.05) is 25.6 Å². The summed E-state index contributed by atoms with van der Waals surface area (Å²) in [4.78, 5) is 24.6. The third kappa shape index (κ3) is 5.32. The Morgan fingerprint density at radius 1 is 1.24 bits per heavy atom. The van der Waals surface area contributed by atoms with E-state index in [1.165, 1.54) is 0 Å². The molecule has 1 heterocycles. The molecule has 0 aromatic carbocycles. The molecular formula is C14H27BN2O4. The lowest BCUT2D eigenvalue weighted by molar-refractivity contribution is -0.145. The molecule has 21 heavy (non-hydrogen) atoms. The molecule has 7 heteroatoms. The van der Waals surface area contributed by atoms with E-state index in [-0.39, 0.29) is 0 Å². The zero-order chi connectivity index (χ0) is 15.9. The van der Waals surface area contributed by atoms with Gasteiger partial charge in [-0.15, -0.1) is 0 Å². The molecule has 0 amide bonds. The number of likely N-dealkylation sites (tertiary alicyclic amines) is 1. The van der Waals surface area contributed by atoms with Crippen molar-refractivity contribution >= 4 is 19.8 Å². The summed E-state index contributed by atoms with van der Waals surface area (Å²) >= 11 is 0. The van der Waals surface area contributed by atoms with Crippen LogP contribution in [0.4, 0.5) is 0 Å². The number of rotatable bonds is 9. The van der Waals surface area contributed by atoms with E-state index < -0.39 is 23.5 Å². The molecule has 0 saturated carbocycles. The molecule has 0 bridgehead atoms. The smallest absolute Gasteiger partial charge is 0.323 e. The lowest BCUT2D eigenvalue weighted by atomic mass is 9.87. The first-order valence-corrected chi connectivity index (χ1v) is 7.90. The minimum absolute atomic E-state index is 0.301. The highest BCUT2D eigenvalue weighted by atomic mass is 16.4. The van der Waals surface area contributed by atoms with Crippen LogP contribution in [-0.4, -0.2) is 59.6 Å². The van der Waals surface area contributed by atoms with Gasteiger partial charge in [0.2, 0.25) is 0 Å². The fourth-order valence-electron chi connectivity index (χ4n) is 2.91. The Kier molecular flexibility index (Phi) is 7.18. The van der Waals surface area contributed by atoms with Gasteiger partial charge in [0.25, 0.3) is 0 Å². The first-order valence-electron chi connectivity index (χ1n) is 7.90. The monoisotopic (exact) mass is 298 g/mol. The Balaban J connectivity index is 2.58. The number of piperidine rings is 1. The van der Waals surface area contributed by atoms with Crippen molar-refractivity contribution in [3.05, 3.63) is 0 Å². The summed E-state index contributed by atoms with van der Waals surface area (Å²) in [6.45, 7) is 1.15. The molecule has 6 nitrogen and oxygen atoms in total. The number of carboxylic acid groups (broad SMARTS) is 2. The fraction of sp³-hybridized carbons (Fsp3) is 0.857. The third-order valence-electron chi connectivity index (χ3n) is 4.40. The van der Waals surface area contributed by atoms with Crippen molar-refractivity contribution < 1.29 is 19.8 Å². The van der Waals surface area contributed by atoms with Gasteiger partial charge in [-0.25, -0.2) is 0 Å².